The van der Waals surface area contributed by atoms with Crippen molar-refractivity contribution in [2.75, 3.05) is 23.8 Å². The van der Waals surface area contributed by atoms with Crippen LogP contribution in [0.25, 0.3) is 0 Å². The molecule has 0 saturated carbocycles. The summed E-state index contributed by atoms with van der Waals surface area (Å²) in [5, 5.41) is 5.87. The van der Waals surface area contributed by atoms with Crippen LogP contribution < -0.4 is 15.4 Å². The first-order valence-corrected chi connectivity index (χ1v) is 9.26. The quantitative estimate of drug-likeness (QED) is 0.549. The molecular formula is C23H22N2O4. The second-order valence-electron chi connectivity index (χ2n) is 6.12. The van der Waals surface area contributed by atoms with Crippen LogP contribution in [0.4, 0.5) is 17.1 Å². The number of ether oxygens (including phenoxy) is 2. The fraction of sp³-hybridized carbons (Fsp3) is 0.130. The number of hydrogen-bond donors (Lipinski definition) is 2. The van der Waals surface area contributed by atoms with Gasteiger partial charge >= 0.3 is 5.97 Å². The first-order chi connectivity index (χ1) is 14.2. The SMILES string of the molecule is CCOc1ccc(NC(=O)COC(=O)c2ccccc2Nc2ccccc2)cc1. The van der Waals surface area contributed by atoms with E-state index >= 15 is 0 Å². The zero-order valence-electron chi connectivity index (χ0n) is 16.1. The van der Waals surface area contributed by atoms with Gasteiger partial charge in [-0.2, -0.15) is 0 Å². The van der Waals surface area contributed by atoms with Crippen LogP contribution in [0, 0.1) is 0 Å². The molecule has 3 aromatic carbocycles. The molecule has 29 heavy (non-hydrogen) atoms. The zero-order chi connectivity index (χ0) is 20.5. The van der Waals surface area contributed by atoms with Crippen molar-refractivity contribution in [1.82, 2.24) is 0 Å². The maximum Gasteiger partial charge on any atom is 0.340 e. The van der Waals surface area contributed by atoms with Gasteiger partial charge in [0, 0.05) is 11.4 Å². The molecule has 0 unspecified atom stereocenters. The van der Waals surface area contributed by atoms with Gasteiger partial charge in [0.05, 0.1) is 17.9 Å². The number of amides is 1. The Bertz CT molecular complexity index is 956. The minimum atomic E-state index is -0.578. The number of rotatable bonds is 8. The van der Waals surface area contributed by atoms with Crippen LogP contribution in [0.1, 0.15) is 17.3 Å². The maximum absolute atomic E-state index is 12.5. The Kier molecular flexibility index (Phi) is 6.84. The zero-order valence-corrected chi connectivity index (χ0v) is 16.1. The van der Waals surface area contributed by atoms with Crippen LogP contribution in [-0.2, 0) is 9.53 Å². The van der Waals surface area contributed by atoms with E-state index in [9.17, 15) is 9.59 Å². The molecule has 0 spiro atoms. The molecule has 0 saturated heterocycles. The fourth-order valence-electron chi connectivity index (χ4n) is 2.65. The van der Waals surface area contributed by atoms with Crippen molar-refractivity contribution < 1.29 is 19.1 Å². The largest absolute Gasteiger partial charge is 0.494 e. The van der Waals surface area contributed by atoms with Crippen molar-refractivity contribution in [3.05, 3.63) is 84.4 Å². The molecule has 0 heterocycles. The standard InChI is InChI=1S/C23H22N2O4/c1-2-28-19-14-12-18(13-15-19)25-22(26)16-29-23(27)20-10-6-7-11-21(20)24-17-8-4-3-5-9-17/h3-15,24H,2,16H2,1H3,(H,25,26). The third-order valence-corrected chi connectivity index (χ3v) is 3.98. The van der Waals surface area contributed by atoms with E-state index in [4.69, 9.17) is 9.47 Å². The molecular weight excluding hydrogens is 368 g/mol. The third-order valence-electron chi connectivity index (χ3n) is 3.98. The Morgan fingerprint density at radius 2 is 1.52 bits per heavy atom. The number of carbonyl (C=O) groups is 2. The smallest absolute Gasteiger partial charge is 0.340 e. The van der Waals surface area contributed by atoms with Gasteiger partial charge in [-0.3, -0.25) is 4.79 Å². The molecule has 148 valence electrons. The highest BCUT2D eigenvalue weighted by molar-refractivity contribution is 5.99. The van der Waals surface area contributed by atoms with E-state index < -0.39 is 11.9 Å². The summed E-state index contributed by atoms with van der Waals surface area (Å²) in [6.45, 7) is 2.09. The van der Waals surface area contributed by atoms with Crippen LogP contribution in [-0.4, -0.2) is 25.1 Å². The minimum absolute atomic E-state index is 0.352. The lowest BCUT2D eigenvalue weighted by Gasteiger charge is -2.12. The first-order valence-electron chi connectivity index (χ1n) is 9.26. The van der Waals surface area contributed by atoms with Gasteiger partial charge < -0.3 is 20.1 Å². The van der Waals surface area contributed by atoms with Crippen LogP contribution in [0.5, 0.6) is 5.75 Å². The lowest BCUT2D eigenvalue weighted by molar-refractivity contribution is -0.119. The molecule has 0 aliphatic carbocycles. The molecule has 0 fully saturated rings. The van der Waals surface area contributed by atoms with Crippen LogP contribution in [0.3, 0.4) is 0 Å². The van der Waals surface area contributed by atoms with Crippen molar-refractivity contribution in [3.63, 3.8) is 0 Å². The van der Waals surface area contributed by atoms with Gasteiger partial charge in [0.2, 0.25) is 0 Å². The Labute approximate surface area is 169 Å². The van der Waals surface area contributed by atoms with Gasteiger partial charge in [-0.25, -0.2) is 4.79 Å². The minimum Gasteiger partial charge on any atom is -0.494 e. The van der Waals surface area contributed by atoms with E-state index in [0.29, 0.717) is 23.5 Å². The monoisotopic (exact) mass is 390 g/mol. The van der Waals surface area contributed by atoms with Crippen molar-refractivity contribution in [2.24, 2.45) is 0 Å². The summed E-state index contributed by atoms with van der Waals surface area (Å²) < 4.78 is 10.5. The highest BCUT2D eigenvalue weighted by Crippen LogP contribution is 2.21. The lowest BCUT2D eigenvalue weighted by atomic mass is 10.1. The van der Waals surface area contributed by atoms with Gasteiger partial charge in [-0.05, 0) is 55.5 Å². The number of nitrogens with one attached hydrogen (secondary N) is 2. The number of hydrogen-bond acceptors (Lipinski definition) is 5. The summed E-state index contributed by atoms with van der Waals surface area (Å²) in [6, 6.07) is 23.5. The average Bonchev–Trinajstić information content (AvgIpc) is 2.75. The number of para-hydroxylation sites is 2. The highest BCUT2D eigenvalue weighted by Gasteiger charge is 2.14. The van der Waals surface area contributed by atoms with Crippen molar-refractivity contribution >= 4 is 28.9 Å². The van der Waals surface area contributed by atoms with Crippen molar-refractivity contribution in [1.29, 1.82) is 0 Å². The number of anilines is 3. The summed E-state index contributed by atoms with van der Waals surface area (Å²) >= 11 is 0. The molecule has 0 aromatic heterocycles. The number of carbonyl (C=O) groups excluding carboxylic acids is 2. The third kappa shape index (κ3) is 5.84. The molecule has 0 radical (unpaired) electrons. The molecule has 6 nitrogen and oxygen atoms in total. The van der Waals surface area contributed by atoms with Gasteiger partial charge in [0.1, 0.15) is 5.75 Å². The van der Waals surface area contributed by atoms with Crippen LogP contribution >= 0.6 is 0 Å². The second-order valence-corrected chi connectivity index (χ2v) is 6.12. The van der Waals surface area contributed by atoms with Gasteiger partial charge in [0.15, 0.2) is 6.61 Å². The number of benzene rings is 3. The predicted molar refractivity (Wildman–Crippen MR) is 113 cm³/mol. The molecule has 1 amide bonds. The summed E-state index contributed by atoms with van der Waals surface area (Å²) in [4.78, 5) is 24.6. The Morgan fingerprint density at radius 1 is 0.828 bits per heavy atom. The second kappa shape index (κ2) is 9.94. The Hall–Kier alpha value is -3.80. The van der Waals surface area contributed by atoms with E-state index in [2.05, 4.69) is 10.6 Å². The fourth-order valence-corrected chi connectivity index (χ4v) is 2.65. The van der Waals surface area contributed by atoms with E-state index in [0.717, 1.165) is 11.4 Å². The van der Waals surface area contributed by atoms with E-state index in [1.807, 2.05) is 43.3 Å². The van der Waals surface area contributed by atoms with E-state index in [1.165, 1.54) is 0 Å². The van der Waals surface area contributed by atoms with Crippen molar-refractivity contribution in [3.8, 4) is 5.75 Å². The lowest BCUT2D eigenvalue weighted by Crippen LogP contribution is -2.21. The maximum atomic E-state index is 12.5. The average molecular weight is 390 g/mol. The van der Waals surface area contributed by atoms with Crippen molar-refractivity contribution in [2.45, 2.75) is 6.92 Å². The van der Waals surface area contributed by atoms with Gasteiger partial charge in [-0.15, -0.1) is 0 Å². The molecule has 0 aliphatic rings. The highest BCUT2D eigenvalue weighted by atomic mass is 16.5. The van der Waals surface area contributed by atoms with Crippen LogP contribution in [0.15, 0.2) is 78.9 Å². The summed E-state index contributed by atoms with van der Waals surface area (Å²) in [5.74, 6) is -0.277. The molecule has 3 aromatic rings. The van der Waals surface area contributed by atoms with Gasteiger partial charge in [0.25, 0.3) is 5.91 Å². The van der Waals surface area contributed by atoms with E-state index in [1.54, 1.807) is 42.5 Å². The Morgan fingerprint density at radius 3 is 2.24 bits per heavy atom. The van der Waals surface area contributed by atoms with Crippen LogP contribution in [0.2, 0.25) is 0 Å². The summed E-state index contributed by atoms with van der Waals surface area (Å²) in [6.07, 6.45) is 0. The predicted octanol–water partition coefficient (Wildman–Crippen LogP) is 4.62. The topological polar surface area (TPSA) is 76.7 Å². The molecule has 6 heteroatoms. The molecule has 0 aliphatic heterocycles. The first kappa shape index (κ1) is 19.9. The summed E-state index contributed by atoms with van der Waals surface area (Å²) in [7, 11) is 0. The molecule has 2 N–H and O–H groups in total. The molecule has 0 atom stereocenters. The summed E-state index contributed by atoms with van der Waals surface area (Å²) in [5.41, 5.74) is 2.41. The molecule has 0 bridgehead atoms. The molecule has 3 rings (SSSR count). The Balaban J connectivity index is 1.57. The number of esters is 1. The normalized spacial score (nSPS) is 10.1. The van der Waals surface area contributed by atoms with Gasteiger partial charge in [-0.1, -0.05) is 30.3 Å². The van der Waals surface area contributed by atoms with E-state index in [-0.39, 0.29) is 6.61 Å².